The van der Waals surface area contributed by atoms with E-state index < -0.39 is 23.6 Å². The highest BCUT2D eigenvalue weighted by atomic mass is 35.5. The Hall–Kier alpha value is 0.0900. The summed E-state index contributed by atoms with van der Waals surface area (Å²) in [6.07, 6.45) is -1.82. The molecule has 2 N–H and O–H groups in total. The number of carbonyl (C=O) groups excluding carboxylic acids is 1. The highest BCUT2D eigenvalue weighted by molar-refractivity contribution is 6.22. The van der Waals surface area contributed by atoms with Crippen LogP contribution < -0.4 is 0 Å². The number of ether oxygens (including phenoxy) is 2. The molecule has 1 aliphatic rings. The highest BCUT2D eigenvalue weighted by Gasteiger charge is 2.38. The quantitative estimate of drug-likeness (QED) is 0.687. The lowest BCUT2D eigenvalue weighted by molar-refractivity contribution is -0.153. The smallest absolute Gasteiger partial charge is 0.163 e. The molecule has 2 atom stereocenters. The van der Waals surface area contributed by atoms with Crippen LogP contribution in [-0.4, -0.2) is 58.0 Å². The van der Waals surface area contributed by atoms with Crippen molar-refractivity contribution >= 4 is 29.0 Å². The fourth-order valence-electron chi connectivity index (χ4n) is 1.84. The third-order valence-corrected chi connectivity index (χ3v) is 3.92. The van der Waals surface area contributed by atoms with Crippen LogP contribution in [0.5, 0.6) is 0 Å². The van der Waals surface area contributed by atoms with Crippen LogP contribution in [0.3, 0.4) is 0 Å². The monoisotopic (exact) mass is 314 g/mol. The maximum Gasteiger partial charge on any atom is 0.163 e. The van der Waals surface area contributed by atoms with Crippen molar-refractivity contribution in [2.24, 2.45) is 0 Å². The number of hydrogen-bond acceptors (Lipinski definition) is 5. The molecule has 0 aromatic carbocycles. The summed E-state index contributed by atoms with van der Waals surface area (Å²) < 4.78 is 10.8. The summed E-state index contributed by atoms with van der Waals surface area (Å²) >= 11 is 11.1. The molecule has 0 unspecified atom stereocenters. The Bertz CT molecular complexity index is 317. The molecule has 0 spiro atoms. The minimum atomic E-state index is -1.42. The van der Waals surface area contributed by atoms with E-state index in [-0.39, 0.29) is 37.0 Å². The van der Waals surface area contributed by atoms with E-state index in [1.807, 2.05) is 0 Å². The Kier molecular flexibility index (Phi) is 6.04. The zero-order valence-corrected chi connectivity index (χ0v) is 12.6. The lowest BCUT2D eigenvalue weighted by Gasteiger charge is -2.24. The van der Waals surface area contributed by atoms with Gasteiger partial charge in [-0.25, -0.2) is 0 Å². The molecule has 1 rings (SSSR count). The van der Waals surface area contributed by atoms with Crippen LogP contribution in [0, 0.1) is 0 Å². The first-order valence-corrected chi connectivity index (χ1v) is 7.14. The van der Waals surface area contributed by atoms with Gasteiger partial charge in [-0.2, -0.15) is 0 Å². The van der Waals surface area contributed by atoms with E-state index in [2.05, 4.69) is 0 Å². The van der Waals surface area contributed by atoms with Crippen molar-refractivity contribution in [2.45, 2.75) is 50.3 Å². The summed E-state index contributed by atoms with van der Waals surface area (Å²) in [5.41, 5.74) is -1.42. The summed E-state index contributed by atoms with van der Waals surface area (Å²) in [5, 5.41) is 19.8. The summed E-state index contributed by atoms with van der Waals surface area (Å²) in [6.45, 7) is 3.71. The maximum absolute atomic E-state index is 11.8. The van der Waals surface area contributed by atoms with Gasteiger partial charge in [0.1, 0.15) is 11.9 Å². The standard InChI is InChI=1S/C12H20Cl2O5/c1-11(2)18-5-10(19-11)9(16)3-8(15)4-12(17,6-13)7-14/h9-10,16-17H,3-7H2,1-2H3/t9-,10+/m0/s1. The summed E-state index contributed by atoms with van der Waals surface area (Å²) in [5.74, 6) is -1.32. The molecule has 7 heteroatoms. The van der Waals surface area contributed by atoms with Gasteiger partial charge in [-0.15, -0.1) is 23.2 Å². The zero-order valence-electron chi connectivity index (χ0n) is 11.1. The topological polar surface area (TPSA) is 76.0 Å². The molecule has 0 aromatic rings. The van der Waals surface area contributed by atoms with Gasteiger partial charge in [0.2, 0.25) is 0 Å². The van der Waals surface area contributed by atoms with Crippen molar-refractivity contribution in [1.29, 1.82) is 0 Å². The number of aliphatic hydroxyl groups is 2. The van der Waals surface area contributed by atoms with Crippen molar-refractivity contribution in [3.63, 3.8) is 0 Å². The minimum absolute atomic E-state index is 0.125. The molecule has 19 heavy (non-hydrogen) atoms. The Morgan fingerprint density at radius 1 is 1.47 bits per heavy atom. The van der Waals surface area contributed by atoms with Crippen molar-refractivity contribution in [3.05, 3.63) is 0 Å². The van der Waals surface area contributed by atoms with E-state index in [4.69, 9.17) is 32.7 Å². The van der Waals surface area contributed by atoms with Crippen LogP contribution in [0.15, 0.2) is 0 Å². The van der Waals surface area contributed by atoms with Crippen LogP contribution in [-0.2, 0) is 14.3 Å². The number of rotatable bonds is 7. The first kappa shape index (κ1) is 17.1. The van der Waals surface area contributed by atoms with Gasteiger partial charge in [0, 0.05) is 12.8 Å². The number of ketones is 1. The first-order chi connectivity index (χ1) is 8.71. The lowest BCUT2D eigenvalue weighted by atomic mass is 9.97. The van der Waals surface area contributed by atoms with Gasteiger partial charge in [0.05, 0.1) is 30.1 Å². The SMILES string of the molecule is CC1(C)OC[C@H]([C@@H](O)CC(=O)CC(O)(CCl)CCl)O1. The molecule has 0 amide bonds. The van der Waals surface area contributed by atoms with E-state index in [0.29, 0.717) is 0 Å². The predicted octanol–water partition coefficient (Wildman–Crippen LogP) is 1.06. The van der Waals surface area contributed by atoms with Crippen molar-refractivity contribution < 1.29 is 24.5 Å². The lowest BCUT2D eigenvalue weighted by Crippen LogP contribution is -2.38. The second-order valence-electron chi connectivity index (χ2n) is 5.35. The average Bonchev–Trinajstić information content (AvgIpc) is 2.69. The molecule has 1 aliphatic heterocycles. The van der Waals surface area contributed by atoms with Gasteiger partial charge < -0.3 is 19.7 Å². The molecule has 1 heterocycles. The van der Waals surface area contributed by atoms with E-state index in [1.54, 1.807) is 13.8 Å². The predicted molar refractivity (Wildman–Crippen MR) is 71.5 cm³/mol. The van der Waals surface area contributed by atoms with Crippen molar-refractivity contribution in [1.82, 2.24) is 0 Å². The Balaban J connectivity index is 2.45. The van der Waals surface area contributed by atoms with Gasteiger partial charge in [-0.3, -0.25) is 4.79 Å². The molecule has 0 saturated carbocycles. The normalized spacial score (nSPS) is 24.4. The summed E-state index contributed by atoms with van der Waals surface area (Å²) in [4.78, 5) is 11.8. The summed E-state index contributed by atoms with van der Waals surface area (Å²) in [7, 11) is 0. The number of hydrogen-bond donors (Lipinski definition) is 2. The van der Waals surface area contributed by atoms with Gasteiger partial charge >= 0.3 is 0 Å². The van der Waals surface area contributed by atoms with E-state index in [9.17, 15) is 15.0 Å². The van der Waals surface area contributed by atoms with E-state index >= 15 is 0 Å². The number of aliphatic hydroxyl groups excluding tert-OH is 1. The number of alkyl halides is 2. The van der Waals surface area contributed by atoms with Gasteiger partial charge in [0.25, 0.3) is 0 Å². The Morgan fingerprint density at radius 3 is 2.47 bits per heavy atom. The zero-order chi connectivity index (χ0) is 14.7. The largest absolute Gasteiger partial charge is 0.390 e. The second kappa shape index (κ2) is 6.70. The van der Waals surface area contributed by atoms with Crippen LogP contribution >= 0.6 is 23.2 Å². The molecule has 0 aliphatic carbocycles. The van der Waals surface area contributed by atoms with Crippen LogP contribution in [0.1, 0.15) is 26.7 Å². The number of halogens is 2. The van der Waals surface area contributed by atoms with Crippen LogP contribution in [0.4, 0.5) is 0 Å². The van der Waals surface area contributed by atoms with Crippen molar-refractivity contribution in [3.8, 4) is 0 Å². The molecule has 0 radical (unpaired) electrons. The maximum atomic E-state index is 11.8. The fraction of sp³-hybridized carbons (Fsp3) is 0.917. The molecule has 112 valence electrons. The van der Waals surface area contributed by atoms with Crippen LogP contribution in [0.25, 0.3) is 0 Å². The highest BCUT2D eigenvalue weighted by Crippen LogP contribution is 2.26. The van der Waals surface area contributed by atoms with Gasteiger partial charge in [-0.1, -0.05) is 0 Å². The fourth-order valence-corrected chi connectivity index (χ4v) is 2.31. The summed E-state index contributed by atoms with van der Waals surface area (Å²) in [6, 6.07) is 0. The Morgan fingerprint density at radius 2 is 2.05 bits per heavy atom. The molecular weight excluding hydrogens is 295 g/mol. The van der Waals surface area contributed by atoms with Gasteiger partial charge in [-0.05, 0) is 13.8 Å². The van der Waals surface area contributed by atoms with Gasteiger partial charge in [0.15, 0.2) is 5.79 Å². The molecule has 1 saturated heterocycles. The van der Waals surface area contributed by atoms with E-state index in [1.165, 1.54) is 0 Å². The number of Topliss-reactive ketones (excluding diaryl/α,β-unsaturated/α-hetero) is 1. The average molecular weight is 315 g/mol. The molecule has 5 nitrogen and oxygen atoms in total. The van der Waals surface area contributed by atoms with Crippen LogP contribution in [0.2, 0.25) is 0 Å². The first-order valence-electron chi connectivity index (χ1n) is 6.07. The number of carbonyl (C=O) groups is 1. The molecule has 0 bridgehead atoms. The molecule has 1 fully saturated rings. The van der Waals surface area contributed by atoms with E-state index in [0.717, 1.165) is 0 Å². The second-order valence-corrected chi connectivity index (χ2v) is 5.88. The third-order valence-electron chi connectivity index (χ3n) is 2.92. The third kappa shape index (κ3) is 5.17. The molecular formula is C12H20Cl2O5. The molecule has 0 aromatic heterocycles. The minimum Gasteiger partial charge on any atom is -0.390 e. The van der Waals surface area contributed by atoms with Crippen molar-refractivity contribution in [2.75, 3.05) is 18.4 Å². The Labute approximate surface area is 122 Å².